The number of rotatable bonds is 10. The molecule has 4 saturated carbocycles. The fourth-order valence-corrected chi connectivity index (χ4v) is 12.8. The van der Waals surface area contributed by atoms with Crippen LogP contribution in [0.15, 0.2) is 39.8 Å². The molecule has 8 heteroatoms. The molecule has 4 aliphatic carbocycles. The number of aromatic nitrogens is 2. The van der Waals surface area contributed by atoms with Gasteiger partial charge in [-0.15, -0.1) is 19.1 Å². The maximum atomic E-state index is 13.0. The molecule has 0 amide bonds. The summed E-state index contributed by atoms with van der Waals surface area (Å²) in [7, 11) is 3.76. The first-order valence-corrected chi connectivity index (χ1v) is 20.9. The lowest BCUT2D eigenvalue weighted by molar-refractivity contribution is -0.239. The van der Waals surface area contributed by atoms with Gasteiger partial charge in [0.1, 0.15) is 18.5 Å². The van der Waals surface area contributed by atoms with Gasteiger partial charge in [0.15, 0.2) is 0 Å². The van der Waals surface area contributed by atoms with E-state index < -0.39 is 16.9 Å². The fourth-order valence-electron chi connectivity index (χ4n) is 12.4. The van der Waals surface area contributed by atoms with E-state index in [4.69, 9.17) is 9.15 Å². The van der Waals surface area contributed by atoms with E-state index in [1.165, 1.54) is 11.1 Å². The molecule has 1 aromatic carbocycles. The van der Waals surface area contributed by atoms with Crippen molar-refractivity contribution in [2.45, 2.75) is 146 Å². The smallest absolute Gasteiger partial charge is 0.307 e. The first-order chi connectivity index (χ1) is 24.9. The molecule has 290 valence electrons. The van der Waals surface area contributed by atoms with Crippen LogP contribution >= 0.6 is 8.86 Å². The highest BCUT2D eigenvalue weighted by atomic mass is 31.0. The van der Waals surface area contributed by atoms with Crippen molar-refractivity contribution in [3.63, 3.8) is 0 Å². The van der Waals surface area contributed by atoms with Crippen LogP contribution in [0.5, 0.6) is 0 Å². The predicted octanol–water partition coefficient (Wildman–Crippen LogP) is 10.6. The van der Waals surface area contributed by atoms with Gasteiger partial charge in [-0.1, -0.05) is 90.0 Å². The number of carbonyl (C=O) groups excluding carboxylic acids is 2. The fraction of sp³-hybridized carbons (Fsp3) is 0.711. The summed E-state index contributed by atoms with van der Waals surface area (Å²) in [4.78, 5) is 24.5. The summed E-state index contributed by atoms with van der Waals surface area (Å²) in [6, 6.07) is 8.06. The van der Waals surface area contributed by atoms with Crippen LogP contribution in [0.2, 0.25) is 0 Å². The average molecular weight is 745 g/mol. The number of esters is 1. The maximum absolute atomic E-state index is 13.0. The van der Waals surface area contributed by atoms with E-state index in [0.717, 1.165) is 68.8 Å². The van der Waals surface area contributed by atoms with Crippen molar-refractivity contribution in [2.24, 2.45) is 56.7 Å². The Labute approximate surface area is 320 Å². The SMILES string of the molecule is CC(=C1C2CCC3(C)C(C)(CCC4C(C)C(OC(=O)CC(C)(C)C=O)CCC43C)C2CCC1(CC=P)C(O)c1nnc(-c2ccc(C)cc2)o1)C(C)C. The molecule has 1 heterocycles. The Morgan fingerprint density at radius 2 is 1.66 bits per heavy atom. The Morgan fingerprint density at radius 1 is 1.02 bits per heavy atom. The van der Waals surface area contributed by atoms with Crippen LogP contribution < -0.4 is 0 Å². The Hall–Kier alpha value is -2.63. The molecule has 4 fully saturated rings. The van der Waals surface area contributed by atoms with Gasteiger partial charge in [-0.05, 0) is 130 Å². The first kappa shape index (κ1) is 40.0. The Morgan fingerprint density at radius 3 is 2.30 bits per heavy atom. The van der Waals surface area contributed by atoms with Gasteiger partial charge < -0.3 is 19.1 Å². The van der Waals surface area contributed by atoms with Crippen molar-refractivity contribution < 1.29 is 23.8 Å². The molecule has 53 heavy (non-hydrogen) atoms. The van der Waals surface area contributed by atoms with E-state index in [-0.39, 0.29) is 40.7 Å². The van der Waals surface area contributed by atoms with E-state index in [1.54, 1.807) is 13.8 Å². The zero-order valence-corrected chi connectivity index (χ0v) is 35.1. The number of ether oxygens (including phenoxy) is 1. The Kier molecular flexibility index (Phi) is 10.9. The molecule has 0 bridgehead atoms. The maximum Gasteiger partial charge on any atom is 0.307 e. The van der Waals surface area contributed by atoms with Gasteiger partial charge in [0.25, 0.3) is 0 Å². The van der Waals surface area contributed by atoms with Gasteiger partial charge in [0.2, 0.25) is 11.8 Å². The molecule has 0 saturated heterocycles. The van der Waals surface area contributed by atoms with Crippen molar-refractivity contribution >= 4 is 26.9 Å². The van der Waals surface area contributed by atoms with Crippen LogP contribution in [-0.2, 0) is 14.3 Å². The topological polar surface area (TPSA) is 103 Å². The molecule has 2 aromatic rings. The molecular weight excluding hydrogens is 679 g/mol. The summed E-state index contributed by atoms with van der Waals surface area (Å²) < 4.78 is 12.5. The third-order valence-electron chi connectivity index (χ3n) is 16.0. The van der Waals surface area contributed by atoms with Gasteiger partial charge in [0.05, 0.1) is 6.42 Å². The highest BCUT2D eigenvalue weighted by Gasteiger charge is 2.69. The zero-order valence-electron chi connectivity index (χ0n) is 34.1. The number of allylic oxidation sites excluding steroid dienone is 1. The van der Waals surface area contributed by atoms with Crippen molar-refractivity contribution in [3.8, 4) is 11.5 Å². The average Bonchev–Trinajstić information content (AvgIpc) is 3.60. The van der Waals surface area contributed by atoms with Crippen LogP contribution in [0.25, 0.3) is 11.5 Å². The second kappa shape index (κ2) is 14.5. The number of benzene rings is 1. The monoisotopic (exact) mass is 744 g/mol. The number of aldehydes is 1. The number of aryl methyl sites for hydroxylation is 1. The van der Waals surface area contributed by atoms with Crippen LogP contribution in [0.1, 0.15) is 144 Å². The van der Waals surface area contributed by atoms with Crippen molar-refractivity contribution in [1.29, 1.82) is 0 Å². The second-order valence-electron chi connectivity index (χ2n) is 19.3. The zero-order chi connectivity index (χ0) is 38.7. The molecule has 4 aliphatic rings. The summed E-state index contributed by atoms with van der Waals surface area (Å²) in [5, 5.41) is 21.4. The van der Waals surface area contributed by atoms with Gasteiger partial charge in [-0.3, -0.25) is 4.79 Å². The number of carbonyl (C=O) groups is 2. The highest BCUT2D eigenvalue weighted by Crippen LogP contribution is 2.76. The van der Waals surface area contributed by atoms with Crippen molar-refractivity contribution in [3.05, 3.63) is 46.9 Å². The van der Waals surface area contributed by atoms with E-state index >= 15 is 0 Å². The van der Waals surface area contributed by atoms with Gasteiger partial charge in [-0.25, -0.2) is 0 Å². The third-order valence-corrected chi connectivity index (χ3v) is 16.2. The standard InChI is InChI=1S/C45H65N2O5P/c1-27(2)29(4)37-32-15-21-44(10)42(8)20-18-35(51-36(49)25-41(6,7)26-48)30(5)33(42)16-19-43(44,9)34(32)17-22-45(37,23-24-53)38(50)40-47-46-39(52-40)31-13-11-28(3)12-14-31/h11-14,24,26-27,30,32-35,38,50,53H,15-23,25H2,1-10H3. The number of hydrogen-bond acceptors (Lipinski definition) is 7. The van der Waals surface area contributed by atoms with Crippen molar-refractivity contribution in [2.75, 3.05) is 0 Å². The molecule has 1 N–H and O–H groups in total. The van der Waals surface area contributed by atoms with E-state index in [2.05, 4.69) is 74.5 Å². The lowest BCUT2D eigenvalue weighted by Crippen LogP contribution is -2.66. The van der Waals surface area contributed by atoms with E-state index in [1.807, 2.05) is 30.1 Å². The summed E-state index contributed by atoms with van der Waals surface area (Å²) in [5.41, 5.74) is 3.87. The van der Waals surface area contributed by atoms with Crippen LogP contribution in [0.4, 0.5) is 0 Å². The van der Waals surface area contributed by atoms with Gasteiger partial charge in [-0.2, -0.15) is 0 Å². The number of nitrogens with zero attached hydrogens (tertiary/aromatic N) is 2. The molecule has 1 aromatic heterocycles. The summed E-state index contributed by atoms with van der Waals surface area (Å²) >= 11 is 0. The van der Waals surface area contributed by atoms with Crippen LogP contribution in [-0.4, -0.2) is 39.5 Å². The third kappa shape index (κ3) is 6.52. The molecule has 10 unspecified atom stereocenters. The largest absolute Gasteiger partial charge is 0.462 e. The molecule has 10 atom stereocenters. The Bertz CT molecular complexity index is 1730. The molecule has 7 nitrogen and oxygen atoms in total. The minimum atomic E-state index is -0.934. The van der Waals surface area contributed by atoms with E-state index in [9.17, 15) is 14.7 Å². The van der Waals surface area contributed by atoms with E-state index in [0.29, 0.717) is 41.9 Å². The predicted molar refractivity (Wildman–Crippen MR) is 214 cm³/mol. The minimum Gasteiger partial charge on any atom is -0.462 e. The number of fused-ring (bicyclic) bond motifs is 5. The summed E-state index contributed by atoms with van der Waals surface area (Å²) in [6.45, 7) is 22.6. The highest BCUT2D eigenvalue weighted by molar-refractivity contribution is 7.18. The number of hydrogen-bond donors (Lipinski definition) is 1. The summed E-state index contributed by atoms with van der Waals surface area (Å²) in [5.74, 6) is 4.41. The van der Waals surface area contributed by atoms with Gasteiger partial charge in [0, 0.05) is 16.4 Å². The van der Waals surface area contributed by atoms with Crippen molar-refractivity contribution in [1.82, 2.24) is 10.2 Å². The van der Waals surface area contributed by atoms with Gasteiger partial charge >= 0.3 is 5.97 Å². The molecule has 0 spiro atoms. The molecule has 0 radical (unpaired) electrons. The quantitative estimate of drug-likeness (QED) is 0.112. The first-order valence-electron chi connectivity index (χ1n) is 20.3. The molecule has 0 aliphatic heterocycles. The molecular formula is C45H65N2O5P. The molecule has 6 rings (SSSR count). The van der Waals surface area contributed by atoms with Crippen LogP contribution in [0, 0.1) is 63.6 Å². The normalized spacial score (nSPS) is 37.2. The lowest BCUT2D eigenvalue weighted by atomic mass is 9.32. The Balaban J connectivity index is 1.32. The van der Waals surface area contributed by atoms with Crippen LogP contribution in [0.3, 0.4) is 0 Å². The summed E-state index contributed by atoms with van der Waals surface area (Å²) in [6.07, 6.45) is 8.86. The number of aliphatic hydroxyl groups is 1. The second-order valence-corrected chi connectivity index (χ2v) is 19.7. The lowest BCUT2D eigenvalue weighted by Gasteiger charge is -2.73. The minimum absolute atomic E-state index is 0.108. The number of aliphatic hydroxyl groups excluding tert-OH is 1.